The summed E-state index contributed by atoms with van der Waals surface area (Å²) in [6.45, 7) is 0. The Hall–Kier alpha value is -1.02. The molecule has 3 heteroatoms. The minimum absolute atomic E-state index is 0.302. The van der Waals surface area contributed by atoms with E-state index < -0.39 is 0 Å². The highest BCUT2D eigenvalue weighted by Crippen LogP contribution is 2.33. The van der Waals surface area contributed by atoms with E-state index in [2.05, 4.69) is 5.16 Å². The Morgan fingerprint density at radius 3 is 2.50 bits per heavy atom. The Labute approximate surface area is 113 Å². The molecule has 0 unspecified atom stereocenters. The molecule has 3 rings (SSSR count). The highest BCUT2D eigenvalue weighted by molar-refractivity contribution is 6.30. The zero-order chi connectivity index (χ0) is 12.4. The summed E-state index contributed by atoms with van der Waals surface area (Å²) >= 11 is 5.93. The van der Waals surface area contributed by atoms with Gasteiger partial charge in [-0.1, -0.05) is 48.2 Å². The lowest BCUT2D eigenvalue weighted by atomic mass is 9.84. The third-order valence-electron chi connectivity index (χ3n) is 3.98. The van der Waals surface area contributed by atoms with Crippen molar-refractivity contribution in [1.82, 2.24) is 0 Å². The van der Waals surface area contributed by atoms with Crippen molar-refractivity contribution in [3.63, 3.8) is 0 Å². The number of halogens is 1. The van der Waals surface area contributed by atoms with E-state index in [1.54, 1.807) is 0 Å². The summed E-state index contributed by atoms with van der Waals surface area (Å²) in [5.74, 6) is 0.478. The fraction of sp³-hybridized carbons (Fsp3) is 0.533. The van der Waals surface area contributed by atoms with E-state index in [9.17, 15) is 0 Å². The lowest BCUT2D eigenvalue weighted by Crippen LogP contribution is -2.25. The molecule has 1 aromatic rings. The van der Waals surface area contributed by atoms with Crippen LogP contribution in [-0.2, 0) is 4.84 Å². The molecule has 1 aromatic carbocycles. The Bertz CT molecular complexity index is 440. The molecule has 2 aliphatic rings. The fourth-order valence-electron chi connectivity index (χ4n) is 2.97. The zero-order valence-electron chi connectivity index (χ0n) is 10.4. The predicted molar refractivity (Wildman–Crippen MR) is 74.1 cm³/mol. The van der Waals surface area contributed by atoms with E-state index in [-0.39, 0.29) is 0 Å². The number of nitrogens with zero attached hydrogens (tertiary/aromatic N) is 1. The maximum Gasteiger partial charge on any atom is 0.136 e. The molecule has 1 heterocycles. The van der Waals surface area contributed by atoms with Crippen molar-refractivity contribution in [2.75, 3.05) is 0 Å². The van der Waals surface area contributed by atoms with Gasteiger partial charge in [-0.05, 0) is 37.0 Å². The maximum absolute atomic E-state index is 5.93. The first-order valence-electron chi connectivity index (χ1n) is 6.84. The molecule has 0 saturated heterocycles. The normalized spacial score (nSPS) is 27.7. The summed E-state index contributed by atoms with van der Waals surface area (Å²) < 4.78 is 0. The van der Waals surface area contributed by atoms with Crippen molar-refractivity contribution in [3.05, 3.63) is 34.9 Å². The molecular weight excluding hydrogens is 246 g/mol. The topological polar surface area (TPSA) is 21.6 Å². The van der Waals surface area contributed by atoms with Gasteiger partial charge in [-0.25, -0.2) is 0 Å². The first-order chi connectivity index (χ1) is 8.84. The standard InChI is InChI=1S/C15H18ClNO/c16-12-9-7-11(8-10-12)15-13-5-3-1-2-4-6-14(13)18-17-15/h7-10,13-14H,1-6H2/t13-,14-/m1/s1. The number of rotatable bonds is 1. The summed E-state index contributed by atoms with van der Waals surface area (Å²) in [5, 5.41) is 5.11. The van der Waals surface area contributed by atoms with Crippen LogP contribution in [0.3, 0.4) is 0 Å². The van der Waals surface area contributed by atoms with Gasteiger partial charge in [0.2, 0.25) is 0 Å². The van der Waals surface area contributed by atoms with Crippen molar-refractivity contribution in [2.24, 2.45) is 11.1 Å². The number of hydrogen-bond donors (Lipinski definition) is 0. The van der Waals surface area contributed by atoms with Gasteiger partial charge in [0.25, 0.3) is 0 Å². The molecule has 18 heavy (non-hydrogen) atoms. The third-order valence-corrected chi connectivity index (χ3v) is 4.23. The number of oxime groups is 1. The summed E-state index contributed by atoms with van der Waals surface area (Å²) in [5.41, 5.74) is 2.28. The largest absolute Gasteiger partial charge is 0.392 e. The Kier molecular flexibility index (Phi) is 3.55. The van der Waals surface area contributed by atoms with Gasteiger partial charge >= 0.3 is 0 Å². The lowest BCUT2D eigenvalue weighted by Gasteiger charge is -2.21. The van der Waals surface area contributed by atoms with E-state index in [4.69, 9.17) is 16.4 Å². The quantitative estimate of drug-likeness (QED) is 0.735. The van der Waals surface area contributed by atoms with Crippen LogP contribution in [0.2, 0.25) is 5.02 Å². The predicted octanol–water partition coefficient (Wildman–Crippen LogP) is 4.41. The number of fused-ring (bicyclic) bond motifs is 1. The molecule has 96 valence electrons. The van der Waals surface area contributed by atoms with Crippen LogP contribution >= 0.6 is 11.6 Å². The van der Waals surface area contributed by atoms with E-state index in [1.165, 1.54) is 32.1 Å². The summed E-state index contributed by atoms with van der Waals surface area (Å²) in [4.78, 5) is 5.64. The van der Waals surface area contributed by atoms with E-state index >= 15 is 0 Å². The molecule has 0 spiro atoms. The Morgan fingerprint density at radius 1 is 1.00 bits per heavy atom. The molecule has 1 fully saturated rings. The zero-order valence-corrected chi connectivity index (χ0v) is 11.2. The highest BCUT2D eigenvalue weighted by Gasteiger charge is 2.34. The average molecular weight is 264 g/mol. The van der Waals surface area contributed by atoms with Crippen LogP contribution in [0, 0.1) is 5.92 Å². The molecule has 0 bridgehead atoms. The monoisotopic (exact) mass is 263 g/mol. The molecule has 2 nitrogen and oxygen atoms in total. The van der Waals surface area contributed by atoms with Gasteiger partial charge in [-0.2, -0.15) is 0 Å². The summed E-state index contributed by atoms with van der Waals surface area (Å²) in [6.07, 6.45) is 7.88. The van der Waals surface area contributed by atoms with Crippen LogP contribution in [0.4, 0.5) is 0 Å². The van der Waals surface area contributed by atoms with E-state index in [0.717, 1.165) is 22.7 Å². The van der Waals surface area contributed by atoms with Crippen molar-refractivity contribution < 1.29 is 4.84 Å². The van der Waals surface area contributed by atoms with Crippen LogP contribution in [0.5, 0.6) is 0 Å². The molecule has 1 aliphatic carbocycles. The smallest absolute Gasteiger partial charge is 0.136 e. The van der Waals surface area contributed by atoms with E-state index in [0.29, 0.717) is 12.0 Å². The Morgan fingerprint density at radius 2 is 1.72 bits per heavy atom. The Balaban J connectivity index is 1.81. The van der Waals surface area contributed by atoms with Crippen LogP contribution < -0.4 is 0 Å². The second-order valence-corrected chi connectivity index (χ2v) is 5.66. The van der Waals surface area contributed by atoms with Crippen LogP contribution in [0.1, 0.15) is 44.1 Å². The van der Waals surface area contributed by atoms with Gasteiger partial charge in [0, 0.05) is 10.9 Å². The molecule has 0 radical (unpaired) electrons. The minimum atomic E-state index is 0.302. The van der Waals surface area contributed by atoms with Crippen molar-refractivity contribution >= 4 is 17.3 Å². The summed E-state index contributed by atoms with van der Waals surface area (Å²) in [7, 11) is 0. The third kappa shape index (κ3) is 2.39. The molecule has 0 amide bonds. The van der Waals surface area contributed by atoms with Gasteiger partial charge in [-0.15, -0.1) is 0 Å². The van der Waals surface area contributed by atoms with Crippen LogP contribution in [-0.4, -0.2) is 11.8 Å². The molecule has 0 aromatic heterocycles. The van der Waals surface area contributed by atoms with Crippen LogP contribution in [0.25, 0.3) is 0 Å². The van der Waals surface area contributed by atoms with Gasteiger partial charge < -0.3 is 4.84 Å². The first kappa shape index (κ1) is 12.0. The number of hydrogen-bond acceptors (Lipinski definition) is 2. The molecule has 1 saturated carbocycles. The second kappa shape index (κ2) is 5.31. The molecule has 1 aliphatic heterocycles. The van der Waals surface area contributed by atoms with Gasteiger partial charge in [-0.3, -0.25) is 0 Å². The molecule has 0 N–H and O–H groups in total. The minimum Gasteiger partial charge on any atom is -0.392 e. The fourth-order valence-corrected chi connectivity index (χ4v) is 3.09. The molecule has 2 atom stereocenters. The van der Waals surface area contributed by atoms with Gasteiger partial charge in [0.15, 0.2) is 0 Å². The second-order valence-electron chi connectivity index (χ2n) is 5.23. The van der Waals surface area contributed by atoms with Crippen LogP contribution in [0.15, 0.2) is 29.4 Å². The average Bonchev–Trinajstić information content (AvgIpc) is 2.72. The highest BCUT2D eigenvalue weighted by atomic mass is 35.5. The van der Waals surface area contributed by atoms with Crippen molar-refractivity contribution in [1.29, 1.82) is 0 Å². The first-order valence-corrected chi connectivity index (χ1v) is 7.22. The van der Waals surface area contributed by atoms with Crippen molar-refractivity contribution in [2.45, 2.75) is 44.6 Å². The van der Waals surface area contributed by atoms with Gasteiger partial charge in [0.05, 0.1) is 5.71 Å². The number of benzene rings is 1. The van der Waals surface area contributed by atoms with Gasteiger partial charge in [0.1, 0.15) is 6.10 Å². The lowest BCUT2D eigenvalue weighted by molar-refractivity contribution is 0.0479. The SMILES string of the molecule is Clc1ccc(C2=NO[C@@H]3CCCCCC[C@@H]23)cc1. The van der Waals surface area contributed by atoms with Crippen molar-refractivity contribution in [3.8, 4) is 0 Å². The van der Waals surface area contributed by atoms with E-state index in [1.807, 2.05) is 24.3 Å². The summed E-state index contributed by atoms with van der Waals surface area (Å²) in [6, 6.07) is 7.95. The maximum atomic E-state index is 5.93. The molecular formula is C15H18ClNO.